The fourth-order valence-electron chi connectivity index (χ4n) is 4.15. The summed E-state index contributed by atoms with van der Waals surface area (Å²) in [6.45, 7) is 0. The molecule has 0 radical (unpaired) electrons. The molecule has 1 saturated carbocycles. The molecule has 3 nitrogen and oxygen atoms in total. The van der Waals surface area contributed by atoms with Crippen molar-refractivity contribution in [2.24, 2.45) is 5.92 Å². The van der Waals surface area contributed by atoms with Crippen LogP contribution in [0.15, 0.2) is 34.1 Å². The predicted molar refractivity (Wildman–Crippen MR) is 84.6 cm³/mol. The van der Waals surface area contributed by atoms with E-state index in [1.54, 1.807) is 0 Å². The molecule has 3 aliphatic rings. The molecule has 0 bridgehead atoms. The highest BCUT2D eigenvalue weighted by atomic mass is 32.2. The Labute approximate surface area is 130 Å². The summed E-state index contributed by atoms with van der Waals surface area (Å²) < 4.78 is 6.30. The Kier molecular flexibility index (Phi) is 2.59. The van der Waals surface area contributed by atoms with Crippen molar-refractivity contribution in [2.75, 3.05) is 0 Å². The summed E-state index contributed by atoms with van der Waals surface area (Å²) in [6.07, 6.45) is 3.89. The first-order valence-electron chi connectivity index (χ1n) is 7.46. The van der Waals surface area contributed by atoms with E-state index in [1.165, 1.54) is 34.6 Å². The molecule has 0 saturated heterocycles. The zero-order valence-electron chi connectivity index (χ0n) is 11.4. The van der Waals surface area contributed by atoms with Gasteiger partial charge < -0.3 is 9.72 Å². The summed E-state index contributed by atoms with van der Waals surface area (Å²) in [4.78, 5) is 16.2. The van der Waals surface area contributed by atoms with E-state index in [4.69, 9.17) is 4.74 Å². The van der Waals surface area contributed by atoms with Crippen molar-refractivity contribution in [3.63, 3.8) is 0 Å². The highest BCUT2D eigenvalue weighted by molar-refractivity contribution is 8.00. The summed E-state index contributed by atoms with van der Waals surface area (Å²) in [6, 6.07) is 8.37. The number of aromatic amines is 1. The van der Waals surface area contributed by atoms with E-state index in [0.717, 1.165) is 17.2 Å². The highest BCUT2D eigenvalue weighted by Crippen LogP contribution is 2.57. The number of aromatic nitrogens is 1. The number of thiazole rings is 1. The molecule has 0 amide bonds. The smallest absolute Gasteiger partial charge is 0.305 e. The third kappa shape index (κ3) is 1.70. The fraction of sp³-hybridized carbons (Fsp3) is 0.438. The third-order valence-corrected chi connectivity index (χ3v) is 7.45. The first-order valence-corrected chi connectivity index (χ1v) is 9.16. The van der Waals surface area contributed by atoms with Gasteiger partial charge in [-0.05, 0) is 25.3 Å². The van der Waals surface area contributed by atoms with Gasteiger partial charge >= 0.3 is 4.87 Å². The van der Waals surface area contributed by atoms with Gasteiger partial charge in [0, 0.05) is 27.5 Å². The van der Waals surface area contributed by atoms with Crippen molar-refractivity contribution >= 4 is 23.1 Å². The van der Waals surface area contributed by atoms with Crippen LogP contribution in [0, 0.1) is 5.92 Å². The monoisotopic (exact) mass is 317 g/mol. The van der Waals surface area contributed by atoms with Crippen LogP contribution in [0.4, 0.5) is 0 Å². The quantitative estimate of drug-likeness (QED) is 0.807. The van der Waals surface area contributed by atoms with E-state index in [0.29, 0.717) is 23.2 Å². The number of para-hydroxylation sites is 1. The topological polar surface area (TPSA) is 42.1 Å². The lowest BCUT2D eigenvalue weighted by Crippen LogP contribution is -2.46. The zero-order valence-corrected chi connectivity index (χ0v) is 13.0. The van der Waals surface area contributed by atoms with E-state index in [2.05, 4.69) is 23.2 Å². The normalized spacial score (nSPS) is 32.6. The molecule has 1 aliphatic carbocycles. The molecule has 1 fully saturated rings. The number of rotatable bonds is 0. The van der Waals surface area contributed by atoms with Crippen LogP contribution in [0.5, 0.6) is 5.75 Å². The predicted octanol–water partition coefficient (Wildman–Crippen LogP) is 3.60. The Morgan fingerprint density at radius 1 is 1.24 bits per heavy atom. The molecule has 3 heterocycles. The molecule has 108 valence electrons. The van der Waals surface area contributed by atoms with Gasteiger partial charge in [-0.15, -0.1) is 11.8 Å². The van der Waals surface area contributed by atoms with E-state index >= 15 is 0 Å². The lowest BCUT2D eigenvalue weighted by atomic mass is 9.72. The summed E-state index contributed by atoms with van der Waals surface area (Å²) in [5.41, 5.74) is 1.27. The summed E-state index contributed by atoms with van der Waals surface area (Å²) in [5, 5.41) is 1.67. The van der Waals surface area contributed by atoms with Crippen LogP contribution in [-0.2, 0) is 0 Å². The fourth-order valence-corrected chi connectivity index (χ4v) is 6.86. The van der Waals surface area contributed by atoms with Crippen molar-refractivity contribution in [1.82, 2.24) is 4.98 Å². The number of ether oxygens (including phenoxy) is 1. The Morgan fingerprint density at radius 2 is 2.14 bits per heavy atom. The minimum atomic E-state index is 0.0756. The van der Waals surface area contributed by atoms with Gasteiger partial charge in [0.15, 0.2) is 0 Å². The van der Waals surface area contributed by atoms with E-state index < -0.39 is 0 Å². The number of fused-ring (bicyclic) bond motifs is 4. The lowest BCUT2D eigenvalue weighted by Gasteiger charge is -2.48. The van der Waals surface area contributed by atoms with Crippen molar-refractivity contribution in [1.29, 1.82) is 0 Å². The highest BCUT2D eigenvalue weighted by Gasteiger charge is 2.50. The van der Waals surface area contributed by atoms with E-state index in [-0.39, 0.29) is 4.87 Å². The SMILES string of the molecule is O=c1[nH]c2c(s1)[C@H]1c3ccccc3O[C@H]3CCC[C@@H](S2)[C@@H]13. The zero-order chi connectivity index (χ0) is 14.0. The largest absolute Gasteiger partial charge is 0.490 e. The van der Waals surface area contributed by atoms with Crippen LogP contribution in [0.1, 0.15) is 35.6 Å². The summed E-state index contributed by atoms with van der Waals surface area (Å²) >= 11 is 3.26. The van der Waals surface area contributed by atoms with Gasteiger partial charge in [0.05, 0.1) is 5.03 Å². The number of hydrogen-bond acceptors (Lipinski definition) is 4. The number of thioether (sulfide) groups is 1. The van der Waals surface area contributed by atoms with E-state index in [9.17, 15) is 4.79 Å². The molecule has 1 N–H and O–H groups in total. The molecule has 5 heteroatoms. The number of H-pyrrole nitrogens is 1. The average molecular weight is 317 g/mol. The lowest BCUT2D eigenvalue weighted by molar-refractivity contribution is 0.0666. The van der Waals surface area contributed by atoms with E-state index in [1.807, 2.05) is 17.8 Å². The standard InChI is InChI=1S/C16H15NO2S2/c18-16-17-15-14(21-16)12-8-4-1-2-5-9(8)19-10-6-3-7-11(20-15)13(10)12/h1-2,4-5,10-13H,3,6-7H2,(H,17,18)/t10-,11+,12-,13-/m0/s1. The first-order chi connectivity index (χ1) is 10.3. The number of benzene rings is 1. The van der Waals surface area contributed by atoms with Crippen molar-refractivity contribution in [2.45, 2.75) is 41.6 Å². The van der Waals surface area contributed by atoms with Gasteiger partial charge in [-0.1, -0.05) is 29.5 Å². The molecule has 0 spiro atoms. The molecule has 2 aliphatic heterocycles. The van der Waals surface area contributed by atoms with Crippen LogP contribution in [0.3, 0.4) is 0 Å². The van der Waals surface area contributed by atoms with Gasteiger partial charge in [0.25, 0.3) is 0 Å². The maximum Gasteiger partial charge on any atom is 0.305 e. The van der Waals surface area contributed by atoms with Gasteiger partial charge in [0.1, 0.15) is 11.9 Å². The van der Waals surface area contributed by atoms with Gasteiger partial charge in [-0.3, -0.25) is 4.79 Å². The minimum absolute atomic E-state index is 0.0756. The van der Waals surface area contributed by atoms with Crippen LogP contribution >= 0.6 is 23.1 Å². The van der Waals surface area contributed by atoms with Gasteiger partial charge in [-0.2, -0.15) is 0 Å². The molecule has 21 heavy (non-hydrogen) atoms. The number of hydrogen-bond donors (Lipinski definition) is 1. The molecular formula is C16H15NO2S2. The molecule has 4 atom stereocenters. The molecule has 2 aromatic rings. The Morgan fingerprint density at radius 3 is 3.10 bits per heavy atom. The maximum atomic E-state index is 11.9. The minimum Gasteiger partial charge on any atom is -0.490 e. The Bertz CT molecular complexity index is 766. The van der Waals surface area contributed by atoms with Crippen LogP contribution < -0.4 is 9.61 Å². The second-order valence-corrected chi connectivity index (χ2v) is 8.31. The molecule has 0 unspecified atom stereocenters. The first kappa shape index (κ1) is 12.4. The second kappa shape index (κ2) is 4.40. The molecule has 1 aromatic carbocycles. The summed E-state index contributed by atoms with van der Waals surface area (Å²) in [5.74, 6) is 1.87. The maximum absolute atomic E-state index is 11.9. The van der Waals surface area contributed by atoms with Crippen molar-refractivity contribution in [3.8, 4) is 5.75 Å². The second-order valence-electron chi connectivity index (χ2n) is 6.04. The molecule has 1 aromatic heterocycles. The Balaban J connectivity index is 1.77. The van der Waals surface area contributed by atoms with Crippen molar-refractivity contribution < 1.29 is 4.74 Å². The average Bonchev–Trinajstić information content (AvgIpc) is 2.87. The number of nitrogens with one attached hydrogen (secondary N) is 1. The van der Waals surface area contributed by atoms with Gasteiger partial charge in [-0.25, -0.2) is 0 Å². The van der Waals surface area contributed by atoms with Crippen LogP contribution in [0.25, 0.3) is 0 Å². The molecule has 5 rings (SSSR count). The molecular weight excluding hydrogens is 302 g/mol. The van der Waals surface area contributed by atoms with Gasteiger partial charge in [0.2, 0.25) is 0 Å². The van der Waals surface area contributed by atoms with Crippen LogP contribution in [0.2, 0.25) is 0 Å². The van der Waals surface area contributed by atoms with Crippen LogP contribution in [-0.4, -0.2) is 16.3 Å². The van der Waals surface area contributed by atoms with Crippen molar-refractivity contribution in [3.05, 3.63) is 44.4 Å². The Hall–Kier alpha value is -1.20. The third-order valence-electron chi connectivity index (χ3n) is 4.95. The summed E-state index contributed by atoms with van der Waals surface area (Å²) in [7, 11) is 0.